The van der Waals surface area contributed by atoms with Gasteiger partial charge >= 0.3 is 5.97 Å². The molecule has 2 aromatic carbocycles. The summed E-state index contributed by atoms with van der Waals surface area (Å²) < 4.78 is 10.4. The molecule has 2 rings (SSSR count). The first-order chi connectivity index (χ1) is 13.6. The van der Waals surface area contributed by atoms with E-state index in [1.807, 2.05) is 42.5 Å². The monoisotopic (exact) mass is 400 g/mol. The summed E-state index contributed by atoms with van der Waals surface area (Å²) in [5.74, 6) is -0.140. The average molecular weight is 401 g/mol. The number of thiocarbonyl (C=S) groups is 1. The van der Waals surface area contributed by atoms with Crippen LogP contribution in [0.4, 0.5) is 5.69 Å². The highest BCUT2D eigenvalue weighted by atomic mass is 32.1. The second kappa shape index (κ2) is 11.7. The Bertz CT molecular complexity index is 796. The van der Waals surface area contributed by atoms with Crippen LogP contribution >= 0.6 is 12.2 Å². The first kappa shape index (κ1) is 21.4. The van der Waals surface area contributed by atoms with E-state index in [0.29, 0.717) is 18.0 Å². The number of benzene rings is 2. The number of carbonyl (C=O) groups excluding carboxylic acids is 2. The van der Waals surface area contributed by atoms with Gasteiger partial charge in [-0.25, -0.2) is 0 Å². The maximum Gasteiger partial charge on any atom is 0.306 e. The summed E-state index contributed by atoms with van der Waals surface area (Å²) in [6.07, 6.45) is 1.60. The molecule has 2 N–H and O–H groups in total. The van der Waals surface area contributed by atoms with Crippen molar-refractivity contribution in [3.63, 3.8) is 0 Å². The molecule has 0 atom stereocenters. The van der Waals surface area contributed by atoms with E-state index < -0.39 is 5.97 Å². The predicted molar refractivity (Wildman–Crippen MR) is 112 cm³/mol. The summed E-state index contributed by atoms with van der Waals surface area (Å²) in [7, 11) is 1.55. The van der Waals surface area contributed by atoms with Crippen LogP contribution in [-0.2, 0) is 20.7 Å². The summed E-state index contributed by atoms with van der Waals surface area (Å²) >= 11 is 5.12. The molecule has 0 bridgehead atoms. The molecule has 0 fully saturated rings. The smallest absolute Gasteiger partial charge is 0.306 e. The van der Waals surface area contributed by atoms with Crippen LogP contribution in [0.5, 0.6) is 5.75 Å². The molecule has 1 amide bonds. The number of methoxy groups -OCH3 is 1. The Morgan fingerprint density at radius 3 is 2.46 bits per heavy atom. The first-order valence-electron chi connectivity index (χ1n) is 9.02. The van der Waals surface area contributed by atoms with Crippen molar-refractivity contribution in [2.75, 3.05) is 19.0 Å². The van der Waals surface area contributed by atoms with E-state index in [-0.39, 0.29) is 23.9 Å². The normalized spacial score (nSPS) is 10.0. The van der Waals surface area contributed by atoms with Gasteiger partial charge < -0.3 is 20.1 Å². The quantitative estimate of drug-likeness (QED) is 0.381. The van der Waals surface area contributed by atoms with Crippen LogP contribution in [0.2, 0.25) is 0 Å². The van der Waals surface area contributed by atoms with Crippen LogP contribution in [0.1, 0.15) is 24.8 Å². The lowest BCUT2D eigenvalue weighted by Gasteiger charge is -2.12. The third kappa shape index (κ3) is 7.75. The van der Waals surface area contributed by atoms with Gasteiger partial charge in [0.05, 0.1) is 25.8 Å². The van der Waals surface area contributed by atoms with E-state index in [1.165, 1.54) is 5.56 Å². The van der Waals surface area contributed by atoms with Crippen molar-refractivity contribution in [2.45, 2.75) is 25.7 Å². The molecular weight excluding hydrogens is 376 g/mol. The molecule has 6 nitrogen and oxygen atoms in total. The number of para-hydroxylation sites is 2. The Balaban J connectivity index is 1.62. The molecule has 0 spiro atoms. The fraction of sp³-hybridized carbons (Fsp3) is 0.286. The Morgan fingerprint density at radius 1 is 1.00 bits per heavy atom. The maximum atomic E-state index is 11.9. The lowest BCUT2D eigenvalue weighted by atomic mass is 10.1. The van der Waals surface area contributed by atoms with Gasteiger partial charge in [0, 0.05) is 6.42 Å². The molecule has 0 aromatic heterocycles. The van der Waals surface area contributed by atoms with E-state index in [4.69, 9.17) is 21.7 Å². The number of hydrogen-bond acceptors (Lipinski definition) is 5. The first-order valence-corrected chi connectivity index (χ1v) is 9.42. The zero-order valence-corrected chi connectivity index (χ0v) is 16.6. The van der Waals surface area contributed by atoms with Gasteiger partial charge in [-0.1, -0.05) is 42.5 Å². The number of anilines is 1. The van der Waals surface area contributed by atoms with Crippen LogP contribution in [0.15, 0.2) is 54.6 Å². The van der Waals surface area contributed by atoms with Gasteiger partial charge in [0.1, 0.15) is 5.75 Å². The van der Waals surface area contributed by atoms with Crippen LogP contribution in [0, 0.1) is 0 Å². The highest BCUT2D eigenvalue weighted by molar-refractivity contribution is 7.80. The van der Waals surface area contributed by atoms with Crippen LogP contribution in [0.25, 0.3) is 0 Å². The number of nitrogens with one attached hydrogen (secondary N) is 2. The van der Waals surface area contributed by atoms with Gasteiger partial charge in [-0.2, -0.15) is 0 Å². The van der Waals surface area contributed by atoms with Gasteiger partial charge in [0.15, 0.2) is 5.11 Å². The molecule has 0 radical (unpaired) electrons. The zero-order valence-electron chi connectivity index (χ0n) is 15.8. The van der Waals surface area contributed by atoms with Gasteiger partial charge in [0.25, 0.3) is 0 Å². The molecule has 0 aliphatic rings. The average Bonchev–Trinajstić information content (AvgIpc) is 2.71. The third-order valence-electron chi connectivity index (χ3n) is 3.88. The second-order valence-corrected chi connectivity index (χ2v) is 6.42. The molecular formula is C21H24N2O4S. The number of carbonyl (C=O) groups is 2. The summed E-state index contributed by atoms with van der Waals surface area (Å²) in [5, 5.41) is 5.58. The topological polar surface area (TPSA) is 76.7 Å². The van der Waals surface area contributed by atoms with Gasteiger partial charge in [-0.3, -0.25) is 9.59 Å². The fourth-order valence-corrected chi connectivity index (χ4v) is 2.71. The largest absolute Gasteiger partial charge is 0.495 e. The van der Waals surface area contributed by atoms with E-state index in [1.54, 1.807) is 19.2 Å². The highest BCUT2D eigenvalue weighted by Crippen LogP contribution is 2.22. The Kier molecular flexibility index (Phi) is 8.94. The number of esters is 1. The lowest BCUT2D eigenvalue weighted by molar-refractivity contribution is -0.145. The lowest BCUT2D eigenvalue weighted by Crippen LogP contribution is -2.34. The van der Waals surface area contributed by atoms with Crippen molar-refractivity contribution in [2.24, 2.45) is 0 Å². The number of ether oxygens (including phenoxy) is 2. The summed E-state index contributed by atoms with van der Waals surface area (Å²) in [6.45, 7) is 0.336. The van der Waals surface area contributed by atoms with E-state index in [0.717, 1.165) is 12.8 Å². The summed E-state index contributed by atoms with van der Waals surface area (Å²) in [5.41, 5.74) is 1.85. The van der Waals surface area contributed by atoms with Crippen molar-refractivity contribution in [1.29, 1.82) is 0 Å². The standard InChI is InChI=1S/C21H24N2O4S/c1-26-18-12-6-5-11-17(18)22-21(28)23-19(24)13-14-20(25)27-15-7-10-16-8-3-2-4-9-16/h2-6,8-9,11-12H,7,10,13-15H2,1H3,(H2,22,23,24,28). The van der Waals surface area contributed by atoms with Gasteiger partial charge in [0.2, 0.25) is 5.91 Å². The van der Waals surface area contributed by atoms with Crippen LogP contribution in [0.3, 0.4) is 0 Å². The maximum absolute atomic E-state index is 11.9. The molecule has 0 unspecified atom stereocenters. The molecule has 28 heavy (non-hydrogen) atoms. The van der Waals surface area contributed by atoms with Crippen LogP contribution in [-0.4, -0.2) is 30.7 Å². The third-order valence-corrected chi connectivity index (χ3v) is 4.08. The highest BCUT2D eigenvalue weighted by Gasteiger charge is 2.11. The van der Waals surface area contributed by atoms with Crippen molar-refractivity contribution in [3.05, 3.63) is 60.2 Å². The summed E-state index contributed by atoms with van der Waals surface area (Å²) in [4.78, 5) is 23.7. The zero-order chi connectivity index (χ0) is 20.2. The Hall–Kier alpha value is -2.93. The fourth-order valence-electron chi connectivity index (χ4n) is 2.49. The minimum atomic E-state index is -0.396. The van der Waals surface area contributed by atoms with Gasteiger partial charge in [-0.05, 0) is 42.8 Å². The number of amides is 1. The van der Waals surface area contributed by atoms with E-state index >= 15 is 0 Å². The molecule has 0 saturated heterocycles. The number of hydrogen-bond donors (Lipinski definition) is 2. The van der Waals surface area contributed by atoms with Crippen molar-refractivity contribution >= 4 is 34.9 Å². The minimum Gasteiger partial charge on any atom is -0.495 e. The summed E-state index contributed by atoms with van der Waals surface area (Å²) in [6, 6.07) is 17.2. The number of rotatable bonds is 9. The van der Waals surface area contributed by atoms with Crippen molar-refractivity contribution in [1.82, 2.24) is 5.32 Å². The molecule has 148 valence electrons. The molecule has 7 heteroatoms. The molecule has 0 heterocycles. The SMILES string of the molecule is COc1ccccc1NC(=S)NC(=O)CCC(=O)OCCCc1ccccc1. The van der Waals surface area contributed by atoms with Crippen molar-refractivity contribution < 1.29 is 19.1 Å². The van der Waals surface area contributed by atoms with Gasteiger partial charge in [-0.15, -0.1) is 0 Å². The van der Waals surface area contributed by atoms with E-state index in [9.17, 15) is 9.59 Å². The number of aryl methyl sites for hydroxylation is 1. The Labute approximate surface area is 170 Å². The Morgan fingerprint density at radius 2 is 1.71 bits per heavy atom. The molecule has 0 aliphatic heterocycles. The van der Waals surface area contributed by atoms with E-state index in [2.05, 4.69) is 10.6 Å². The predicted octanol–water partition coefficient (Wildman–Crippen LogP) is 3.46. The molecule has 0 aliphatic carbocycles. The molecule has 0 saturated carbocycles. The minimum absolute atomic E-state index is 0.00522. The second-order valence-electron chi connectivity index (χ2n) is 6.01. The molecule has 2 aromatic rings. The van der Waals surface area contributed by atoms with Crippen LogP contribution < -0.4 is 15.4 Å². The van der Waals surface area contributed by atoms with Crippen molar-refractivity contribution in [3.8, 4) is 5.75 Å².